The lowest BCUT2D eigenvalue weighted by atomic mass is 9.77. The second kappa shape index (κ2) is 20.7. The van der Waals surface area contributed by atoms with Gasteiger partial charge in [-0.05, 0) is 31.0 Å². The van der Waals surface area contributed by atoms with Gasteiger partial charge in [-0.15, -0.1) is 0 Å². The number of carboxylic acids is 1. The number of aliphatic carboxylic acids is 1. The average Bonchev–Trinajstić information content (AvgIpc) is 2.71. The molecule has 1 N–H and O–H groups in total. The van der Waals surface area contributed by atoms with E-state index < -0.39 is 5.97 Å². The second-order valence-corrected chi connectivity index (χ2v) is 7.49. The van der Waals surface area contributed by atoms with Crippen molar-refractivity contribution in [1.29, 1.82) is 0 Å². The second-order valence-electron chi connectivity index (χ2n) is 7.49. The van der Waals surface area contributed by atoms with Gasteiger partial charge in [-0.1, -0.05) is 82.2 Å². The van der Waals surface area contributed by atoms with Gasteiger partial charge in [0.15, 0.2) is 0 Å². The van der Waals surface area contributed by atoms with Gasteiger partial charge in [-0.25, -0.2) is 0 Å². The zero-order valence-electron chi connectivity index (χ0n) is 23.2. The maximum atomic E-state index is 11.8. The molecule has 32 heavy (non-hydrogen) atoms. The van der Waals surface area contributed by atoms with Crippen LogP contribution in [0.4, 0.5) is 0 Å². The summed E-state index contributed by atoms with van der Waals surface area (Å²) in [5, 5.41) is 7.99. The molecule has 0 saturated carbocycles. The van der Waals surface area contributed by atoms with E-state index in [1.54, 1.807) is 13.8 Å². The molecular formula is C27H50O5. The fourth-order valence-electron chi connectivity index (χ4n) is 2.74. The smallest absolute Gasteiger partial charge is 0.308 e. The molecule has 0 bridgehead atoms. The van der Waals surface area contributed by atoms with Crippen LogP contribution in [0.1, 0.15) is 113 Å². The Bertz CT molecular complexity index is 658. The number of hydrogen-bond acceptors (Lipinski definition) is 4. The predicted molar refractivity (Wildman–Crippen MR) is 137 cm³/mol. The molecule has 0 fully saturated rings. The van der Waals surface area contributed by atoms with Crippen molar-refractivity contribution in [3.05, 3.63) is 28.8 Å². The first-order chi connectivity index (χ1) is 14.8. The third-order valence-electron chi connectivity index (χ3n) is 3.90. The lowest BCUT2D eigenvalue weighted by Gasteiger charge is -2.28. The molecule has 0 aliphatic carbocycles. The van der Waals surface area contributed by atoms with Crippen LogP contribution in [0.5, 0.6) is 5.75 Å². The fourth-order valence-corrected chi connectivity index (χ4v) is 2.74. The zero-order chi connectivity index (χ0) is 26.7. The molecule has 5 nitrogen and oxygen atoms in total. The van der Waals surface area contributed by atoms with Crippen molar-refractivity contribution in [1.82, 2.24) is 0 Å². The number of carbonyl (C=O) groups excluding carboxylic acids is 2. The number of rotatable bonds is 6. The first-order valence-corrected chi connectivity index (χ1v) is 11.9. The van der Waals surface area contributed by atoms with Gasteiger partial charge in [0.2, 0.25) is 0 Å². The summed E-state index contributed by atoms with van der Waals surface area (Å²) in [5.41, 5.74) is 2.69. The molecule has 0 amide bonds. The van der Waals surface area contributed by atoms with Gasteiger partial charge in [0.05, 0.1) is 5.92 Å². The Balaban J connectivity index is -0.000000274. The van der Waals surface area contributed by atoms with E-state index in [1.165, 1.54) is 6.92 Å². The molecule has 0 spiro atoms. The van der Waals surface area contributed by atoms with Gasteiger partial charge >= 0.3 is 11.9 Å². The number of benzene rings is 1. The number of carbonyl (C=O) groups is 3. The predicted octanol–water partition coefficient (Wildman–Crippen LogP) is 7.68. The monoisotopic (exact) mass is 454 g/mol. The maximum Gasteiger partial charge on any atom is 0.308 e. The molecule has 5 heteroatoms. The summed E-state index contributed by atoms with van der Waals surface area (Å²) in [7, 11) is 0. The Morgan fingerprint density at radius 3 is 1.69 bits per heavy atom. The number of carboxylic acid groups (broad SMARTS) is 1. The molecule has 1 aromatic rings. The van der Waals surface area contributed by atoms with Crippen molar-refractivity contribution in [3.8, 4) is 5.75 Å². The number of ketones is 1. The van der Waals surface area contributed by atoms with Gasteiger partial charge in [0.25, 0.3) is 0 Å². The number of hydrogen-bond donors (Lipinski definition) is 1. The van der Waals surface area contributed by atoms with Gasteiger partial charge in [-0.2, -0.15) is 0 Å². The molecule has 0 aromatic heterocycles. The first kappa shape index (κ1) is 37.2. The van der Waals surface area contributed by atoms with Gasteiger partial charge in [-0.3, -0.25) is 14.4 Å². The molecule has 0 atom stereocenters. The van der Waals surface area contributed by atoms with Crippen molar-refractivity contribution in [3.63, 3.8) is 0 Å². The molecule has 1 rings (SSSR count). The van der Waals surface area contributed by atoms with Crippen LogP contribution in [0.3, 0.4) is 0 Å². The quantitative estimate of drug-likeness (QED) is 0.352. The summed E-state index contributed by atoms with van der Waals surface area (Å²) in [6.07, 6.45) is 0.971. The maximum absolute atomic E-state index is 11.8. The fraction of sp³-hybridized carbons (Fsp3) is 0.667. The number of esters is 1. The minimum absolute atomic E-state index is 0.212. The summed E-state index contributed by atoms with van der Waals surface area (Å²) < 4.78 is 5.36. The van der Waals surface area contributed by atoms with Crippen LogP contribution in [0.2, 0.25) is 0 Å². The van der Waals surface area contributed by atoms with Crippen molar-refractivity contribution >= 4 is 17.7 Å². The van der Waals surface area contributed by atoms with Crippen molar-refractivity contribution in [2.45, 2.75) is 115 Å². The number of ether oxygens (including phenoxy) is 1. The standard InChI is InChI=1S/C17H24O3.C4H8O2.3C2H6/c1-7-14(19)10-17(5,6)16-12(3)8-11(2)9-15(16)20-13(4)18;1-3(2)4(5)6;3*1-2/h8-9H,7,10H2,1-6H3;3H,1-2H3,(H,5,6);3*1-2H3. The molecule has 0 heterocycles. The number of Topliss-reactive ketones (excluding diaryl/α,β-unsaturated/α-hetero) is 1. The highest BCUT2D eigenvalue weighted by molar-refractivity contribution is 5.80. The summed E-state index contributed by atoms with van der Waals surface area (Å²) in [6, 6.07) is 3.92. The summed E-state index contributed by atoms with van der Waals surface area (Å²) in [5.74, 6) is -0.526. The molecule has 0 saturated heterocycles. The van der Waals surface area contributed by atoms with E-state index in [4.69, 9.17) is 9.84 Å². The molecule has 0 aliphatic heterocycles. The molecule has 0 unspecified atom stereocenters. The van der Waals surface area contributed by atoms with Crippen LogP contribution in [0, 0.1) is 19.8 Å². The summed E-state index contributed by atoms with van der Waals surface area (Å²) in [4.78, 5) is 32.8. The van der Waals surface area contributed by atoms with E-state index >= 15 is 0 Å². The van der Waals surface area contributed by atoms with E-state index in [0.717, 1.165) is 16.7 Å². The molecular weight excluding hydrogens is 404 g/mol. The zero-order valence-corrected chi connectivity index (χ0v) is 23.2. The van der Waals surface area contributed by atoms with Gasteiger partial charge in [0.1, 0.15) is 11.5 Å². The normalized spacial score (nSPS) is 9.34. The van der Waals surface area contributed by atoms with E-state index in [1.807, 2.05) is 82.2 Å². The van der Waals surface area contributed by atoms with E-state index in [9.17, 15) is 14.4 Å². The first-order valence-electron chi connectivity index (χ1n) is 11.9. The summed E-state index contributed by atoms with van der Waals surface area (Å²) in [6.45, 7) is 26.5. The third kappa shape index (κ3) is 16.5. The van der Waals surface area contributed by atoms with Crippen LogP contribution in [-0.2, 0) is 19.8 Å². The lowest BCUT2D eigenvalue weighted by molar-refractivity contribution is -0.140. The Morgan fingerprint density at radius 1 is 0.969 bits per heavy atom. The van der Waals surface area contributed by atoms with Crippen molar-refractivity contribution < 1.29 is 24.2 Å². The van der Waals surface area contributed by atoms with E-state index in [-0.39, 0.29) is 23.1 Å². The Morgan fingerprint density at radius 2 is 1.38 bits per heavy atom. The van der Waals surface area contributed by atoms with Crippen LogP contribution < -0.4 is 4.74 Å². The van der Waals surface area contributed by atoms with Crippen molar-refractivity contribution in [2.24, 2.45) is 5.92 Å². The van der Waals surface area contributed by atoms with Gasteiger partial charge in [0, 0.05) is 30.7 Å². The Kier molecular flexibility index (Phi) is 24.1. The van der Waals surface area contributed by atoms with E-state index in [2.05, 4.69) is 6.07 Å². The summed E-state index contributed by atoms with van der Waals surface area (Å²) >= 11 is 0. The molecule has 1 aromatic carbocycles. The van der Waals surface area contributed by atoms with Crippen LogP contribution in [0.15, 0.2) is 12.1 Å². The topological polar surface area (TPSA) is 80.7 Å². The number of aryl methyl sites for hydroxylation is 2. The van der Waals surface area contributed by atoms with Crippen LogP contribution in [0.25, 0.3) is 0 Å². The minimum Gasteiger partial charge on any atom is -0.481 e. The highest BCUT2D eigenvalue weighted by atomic mass is 16.5. The Hall–Kier alpha value is -2.17. The molecule has 0 radical (unpaired) electrons. The van der Waals surface area contributed by atoms with Gasteiger partial charge < -0.3 is 9.84 Å². The van der Waals surface area contributed by atoms with Crippen LogP contribution in [-0.4, -0.2) is 22.8 Å². The molecule has 0 aliphatic rings. The third-order valence-corrected chi connectivity index (χ3v) is 3.90. The highest BCUT2D eigenvalue weighted by Crippen LogP contribution is 2.38. The largest absolute Gasteiger partial charge is 0.481 e. The SMILES string of the molecule is CC.CC.CC.CC(C)C(=O)O.CCC(=O)CC(C)(C)c1c(C)cc(C)cc1OC(C)=O. The Labute approximate surface area is 198 Å². The van der Waals surface area contributed by atoms with E-state index in [0.29, 0.717) is 18.6 Å². The minimum atomic E-state index is -0.741. The van der Waals surface area contributed by atoms with Crippen molar-refractivity contribution in [2.75, 3.05) is 0 Å². The molecule has 188 valence electrons. The highest BCUT2D eigenvalue weighted by Gasteiger charge is 2.29. The lowest BCUT2D eigenvalue weighted by Crippen LogP contribution is -2.24. The average molecular weight is 455 g/mol. The van der Waals surface area contributed by atoms with Crippen LogP contribution >= 0.6 is 0 Å².